The van der Waals surface area contributed by atoms with E-state index >= 15 is 0 Å². The van der Waals surface area contributed by atoms with Gasteiger partial charge in [0.1, 0.15) is 6.61 Å². The topological polar surface area (TPSA) is 36.3 Å². The molecule has 2 aliphatic rings. The lowest BCUT2D eigenvalue weighted by atomic mass is 9.86. The highest BCUT2D eigenvalue weighted by atomic mass is 16.5. The van der Waals surface area contributed by atoms with Crippen LogP contribution in [0.1, 0.15) is 25.3 Å². The van der Waals surface area contributed by atoms with Crippen molar-refractivity contribution in [2.24, 2.45) is 5.41 Å². The van der Waals surface area contributed by atoms with E-state index in [9.17, 15) is 0 Å². The van der Waals surface area contributed by atoms with Crippen LogP contribution in [0.25, 0.3) is 11.3 Å². The van der Waals surface area contributed by atoms with Crippen LogP contribution in [-0.2, 0) is 11.3 Å². The smallest absolute Gasteiger partial charge is 0.216 e. The molecular formula is C17H20N2O2. The number of hydrogen-bond acceptors (Lipinski definition) is 3. The first-order chi connectivity index (χ1) is 10.2. The Hall–Kier alpha value is -1.81. The molecule has 0 atom stereocenters. The average molecular weight is 284 g/mol. The summed E-state index contributed by atoms with van der Waals surface area (Å²) >= 11 is 0. The van der Waals surface area contributed by atoms with Crippen molar-refractivity contribution >= 4 is 0 Å². The standard InChI is InChI=1S/C17H20N2O2/c1-12(2)14-15(13-6-4-3-5-7-13)18-19-8-17(9-20-10-17)11-21-16(14)19/h3-7,12H,8-11H2,1-2H3. The summed E-state index contributed by atoms with van der Waals surface area (Å²) < 4.78 is 13.5. The zero-order chi connectivity index (χ0) is 14.4. The number of aromatic nitrogens is 2. The Morgan fingerprint density at radius 3 is 2.52 bits per heavy atom. The summed E-state index contributed by atoms with van der Waals surface area (Å²) in [4.78, 5) is 0. The number of ether oxygens (including phenoxy) is 2. The van der Waals surface area contributed by atoms with E-state index in [1.807, 2.05) is 10.7 Å². The number of fused-ring (bicyclic) bond motifs is 1. The molecule has 2 aliphatic heterocycles. The van der Waals surface area contributed by atoms with Gasteiger partial charge in [-0.25, -0.2) is 4.68 Å². The largest absolute Gasteiger partial charge is 0.477 e. The van der Waals surface area contributed by atoms with Crippen LogP contribution in [0.15, 0.2) is 30.3 Å². The highest BCUT2D eigenvalue weighted by Gasteiger charge is 2.44. The van der Waals surface area contributed by atoms with Crippen molar-refractivity contribution in [1.29, 1.82) is 0 Å². The molecule has 1 aromatic heterocycles. The molecule has 21 heavy (non-hydrogen) atoms. The molecule has 4 nitrogen and oxygen atoms in total. The first kappa shape index (κ1) is 12.9. The van der Waals surface area contributed by atoms with Gasteiger partial charge in [-0.05, 0) is 5.92 Å². The van der Waals surface area contributed by atoms with Crippen LogP contribution >= 0.6 is 0 Å². The van der Waals surface area contributed by atoms with Gasteiger partial charge in [0.25, 0.3) is 0 Å². The summed E-state index contributed by atoms with van der Waals surface area (Å²) in [7, 11) is 0. The zero-order valence-corrected chi connectivity index (χ0v) is 12.5. The van der Waals surface area contributed by atoms with Crippen LogP contribution < -0.4 is 4.74 Å². The maximum absolute atomic E-state index is 6.10. The molecule has 1 spiro atoms. The quantitative estimate of drug-likeness (QED) is 0.850. The lowest BCUT2D eigenvalue weighted by Crippen LogP contribution is -2.52. The molecule has 110 valence electrons. The first-order valence-corrected chi connectivity index (χ1v) is 7.55. The molecule has 1 fully saturated rings. The summed E-state index contributed by atoms with van der Waals surface area (Å²) in [5.41, 5.74) is 3.57. The summed E-state index contributed by atoms with van der Waals surface area (Å²) in [5, 5.41) is 4.86. The molecule has 0 radical (unpaired) electrons. The van der Waals surface area contributed by atoms with Gasteiger partial charge in [0.15, 0.2) is 0 Å². The molecule has 1 aromatic carbocycles. The Bertz CT molecular complexity index is 657. The third-order valence-electron chi connectivity index (χ3n) is 4.38. The highest BCUT2D eigenvalue weighted by molar-refractivity contribution is 5.66. The van der Waals surface area contributed by atoms with Gasteiger partial charge in [0.2, 0.25) is 5.88 Å². The fraction of sp³-hybridized carbons (Fsp3) is 0.471. The molecule has 4 rings (SSSR count). The molecule has 3 heterocycles. The summed E-state index contributed by atoms with van der Waals surface area (Å²) in [6.07, 6.45) is 0. The molecule has 0 saturated carbocycles. The third-order valence-corrected chi connectivity index (χ3v) is 4.38. The second-order valence-corrected chi connectivity index (χ2v) is 6.53. The van der Waals surface area contributed by atoms with Gasteiger partial charge in [-0.1, -0.05) is 44.2 Å². The van der Waals surface area contributed by atoms with E-state index in [-0.39, 0.29) is 5.41 Å². The van der Waals surface area contributed by atoms with Crippen molar-refractivity contribution in [2.45, 2.75) is 26.3 Å². The van der Waals surface area contributed by atoms with Crippen LogP contribution in [-0.4, -0.2) is 29.6 Å². The van der Waals surface area contributed by atoms with Gasteiger partial charge in [-0.3, -0.25) is 0 Å². The maximum atomic E-state index is 6.10. The number of nitrogens with zero attached hydrogens (tertiary/aromatic N) is 2. The second kappa shape index (κ2) is 4.60. The maximum Gasteiger partial charge on any atom is 0.216 e. The monoisotopic (exact) mass is 284 g/mol. The van der Waals surface area contributed by atoms with Crippen LogP contribution in [0.2, 0.25) is 0 Å². The molecule has 0 bridgehead atoms. The van der Waals surface area contributed by atoms with E-state index in [1.165, 1.54) is 5.56 Å². The van der Waals surface area contributed by atoms with E-state index in [0.717, 1.165) is 43.5 Å². The van der Waals surface area contributed by atoms with Crippen LogP contribution in [0.4, 0.5) is 0 Å². The third kappa shape index (κ3) is 1.97. The van der Waals surface area contributed by atoms with Crippen molar-refractivity contribution in [3.05, 3.63) is 35.9 Å². The van der Waals surface area contributed by atoms with E-state index in [4.69, 9.17) is 14.6 Å². The van der Waals surface area contributed by atoms with E-state index in [2.05, 4.69) is 38.1 Å². The van der Waals surface area contributed by atoms with E-state index in [0.29, 0.717) is 5.92 Å². The van der Waals surface area contributed by atoms with Crippen molar-refractivity contribution < 1.29 is 9.47 Å². The lowest BCUT2D eigenvalue weighted by molar-refractivity contribution is -0.154. The molecular weight excluding hydrogens is 264 g/mol. The normalized spacial score (nSPS) is 19.2. The molecule has 0 unspecified atom stereocenters. The van der Waals surface area contributed by atoms with Gasteiger partial charge < -0.3 is 9.47 Å². The Morgan fingerprint density at radius 1 is 1.14 bits per heavy atom. The Balaban J connectivity index is 1.81. The van der Waals surface area contributed by atoms with Crippen molar-refractivity contribution in [3.63, 3.8) is 0 Å². The summed E-state index contributed by atoms with van der Waals surface area (Å²) in [5.74, 6) is 1.33. The van der Waals surface area contributed by atoms with Crippen molar-refractivity contribution in [1.82, 2.24) is 9.78 Å². The van der Waals surface area contributed by atoms with Gasteiger partial charge in [0.05, 0.1) is 30.9 Å². The van der Waals surface area contributed by atoms with E-state index < -0.39 is 0 Å². The predicted molar refractivity (Wildman–Crippen MR) is 80.5 cm³/mol. The van der Waals surface area contributed by atoms with Gasteiger partial charge in [-0.2, -0.15) is 5.10 Å². The predicted octanol–water partition coefficient (Wildman–Crippen LogP) is 3.08. The van der Waals surface area contributed by atoms with E-state index in [1.54, 1.807) is 0 Å². The first-order valence-electron chi connectivity index (χ1n) is 7.55. The highest BCUT2D eigenvalue weighted by Crippen LogP contribution is 2.42. The van der Waals surface area contributed by atoms with Gasteiger partial charge in [0, 0.05) is 11.1 Å². The minimum absolute atomic E-state index is 0.140. The molecule has 4 heteroatoms. The Labute approximate surface area is 124 Å². The average Bonchev–Trinajstić information content (AvgIpc) is 2.84. The number of hydrogen-bond donors (Lipinski definition) is 0. The number of benzene rings is 1. The Kier molecular flexibility index (Phi) is 2.82. The molecule has 0 aliphatic carbocycles. The van der Waals surface area contributed by atoms with Crippen LogP contribution in [0.3, 0.4) is 0 Å². The molecule has 2 aromatic rings. The lowest BCUT2D eigenvalue weighted by Gasteiger charge is -2.43. The molecule has 0 amide bonds. The van der Waals surface area contributed by atoms with Gasteiger partial charge in [-0.15, -0.1) is 0 Å². The van der Waals surface area contributed by atoms with Crippen molar-refractivity contribution in [3.8, 4) is 17.1 Å². The SMILES string of the molecule is CC(C)c1c(-c2ccccc2)nn2c1OCC1(COC1)C2. The molecule has 0 N–H and O–H groups in total. The minimum atomic E-state index is 0.140. The van der Waals surface area contributed by atoms with Crippen LogP contribution in [0.5, 0.6) is 5.88 Å². The Morgan fingerprint density at radius 2 is 1.90 bits per heavy atom. The number of rotatable bonds is 2. The minimum Gasteiger partial charge on any atom is -0.477 e. The van der Waals surface area contributed by atoms with Crippen LogP contribution in [0, 0.1) is 5.41 Å². The molecule has 1 saturated heterocycles. The summed E-state index contributed by atoms with van der Waals surface area (Å²) in [6.45, 7) is 7.60. The zero-order valence-electron chi connectivity index (χ0n) is 12.5. The second-order valence-electron chi connectivity index (χ2n) is 6.53. The summed E-state index contributed by atoms with van der Waals surface area (Å²) in [6, 6.07) is 10.4. The fourth-order valence-corrected chi connectivity index (χ4v) is 3.20. The van der Waals surface area contributed by atoms with Gasteiger partial charge >= 0.3 is 0 Å². The fourth-order valence-electron chi connectivity index (χ4n) is 3.20. The van der Waals surface area contributed by atoms with Crippen molar-refractivity contribution in [2.75, 3.05) is 19.8 Å².